The van der Waals surface area contributed by atoms with Crippen LogP contribution in [0.2, 0.25) is 0 Å². The van der Waals surface area contributed by atoms with Crippen LogP contribution in [0, 0.1) is 0 Å². The molecule has 0 aromatic heterocycles. The van der Waals surface area contributed by atoms with Crippen molar-refractivity contribution in [1.82, 2.24) is 10.2 Å². The van der Waals surface area contributed by atoms with Gasteiger partial charge < -0.3 is 15.8 Å². The fraction of sp³-hybridized carbons (Fsp3) is 0.467. The van der Waals surface area contributed by atoms with Crippen LogP contribution in [-0.4, -0.2) is 48.6 Å². The first-order valence-corrected chi connectivity index (χ1v) is 7.49. The van der Waals surface area contributed by atoms with E-state index >= 15 is 0 Å². The third kappa shape index (κ3) is 6.55. The topological polar surface area (TPSA) is 67.6 Å². The molecule has 0 unspecified atom stereocenters. The molecule has 5 nitrogen and oxygen atoms in total. The Hall–Kier alpha value is -1.66. The van der Waals surface area contributed by atoms with Gasteiger partial charge in [0.2, 0.25) is 5.91 Å². The molecule has 1 aromatic carbocycles. The molecule has 116 valence electrons. The Kier molecular flexibility index (Phi) is 7.71. The number of nitrogens with zero attached hydrogens (tertiary/aromatic N) is 1. The lowest BCUT2D eigenvalue weighted by molar-refractivity contribution is -0.122. The van der Waals surface area contributed by atoms with Gasteiger partial charge in [-0.3, -0.25) is 9.69 Å². The molecule has 0 spiro atoms. The number of hydrogen-bond donors (Lipinski definition) is 2. The predicted octanol–water partition coefficient (Wildman–Crippen LogP) is 1.16. The summed E-state index contributed by atoms with van der Waals surface area (Å²) < 4.78 is 5.68. The molecule has 21 heavy (non-hydrogen) atoms. The number of carbonyl (C=O) groups excluding carboxylic acids is 1. The van der Waals surface area contributed by atoms with Crippen molar-refractivity contribution in [3.63, 3.8) is 0 Å². The van der Waals surface area contributed by atoms with Crippen LogP contribution in [0.5, 0.6) is 5.75 Å². The minimum Gasteiger partial charge on any atom is -0.492 e. The molecular formula is C15H23N3O2S. The molecule has 0 bridgehead atoms. The summed E-state index contributed by atoms with van der Waals surface area (Å²) in [6.07, 6.45) is 0. The summed E-state index contributed by atoms with van der Waals surface area (Å²) >= 11 is 4.94. The van der Waals surface area contributed by atoms with E-state index in [2.05, 4.69) is 5.32 Å². The number of rotatable bonds is 9. The maximum atomic E-state index is 11.5. The molecule has 0 heterocycles. The van der Waals surface area contributed by atoms with Crippen molar-refractivity contribution < 1.29 is 9.53 Å². The van der Waals surface area contributed by atoms with E-state index < -0.39 is 0 Å². The standard InChI is InChI=1S/C15H23N3O2S/c1-3-17-14(19)11-18(4-2)8-9-20-13-7-5-6-12(10-13)15(16)21/h5-7,10H,3-4,8-9,11H2,1-2H3,(H2,16,21)(H,17,19). The molecule has 6 heteroatoms. The average Bonchev–Trinajstić information content (AvgIpc) is 2.46. The van der Waals surface area contributed by atoms with Gasteiger partial charge in [-0.25, -0.2) is 0 Å². The number of hydrogen-bond acceptors (Lipinski definition) is 4. The number of likely N-dealkylation sites (N-methyl/N-ethyl adjacent to an activating group) is 2. The van der Waals surface area contributed by atoms with Crippen LogP contribution >= 0.6 is 12.2 Å². The highest BCUT2D eigenvalue weighted by atomic mass is 32.1. The molecule has 0 saturated carbocycles. The average molecular weight is 309 g/mol. The fourth-order valence-electron chi connectivity index (χ4n) is 1.84. The van der Waals surface area contributed by atoms with Crippen molar-refractivity contribution in [2.75, 3.05) is 32.8 Å². The molecule has 1 rings (SSSR count). The van der Waals surface area contributed by atoms with Crippen molar-refractivity contribution in [2.45, 2.75) is 13.8 Å². The zero-order chi connectivity index (χ0) is 15.7. The number of ether oxygens (including phenoxy) is 1. The lowest BCUT2D eigenvalue weighted by atomic mass is 10.2. The molecule has 1 amide bonds. The first kappa shape index (κ1) is 17.4. The number of carbonyl (C=O) groups is 1. The molecule has 0 aliphatic heterocycles. The Morgan fingerprint density at radius 2 is 2.19 bits per heavy atom. The van der Waals surface area contributed by atoms with E-state index in [9.17, 15) is 4.79 Å². The highest BCUT2D eigenvalue weighted by Gasteiger charge is 2.08. The van der Waals surface area contributed by atoms with Gasteiger partial charge in [-0.2, -0.15) is 0 Å². The summed E-state index contributed by atoms with van der Waals surface area (Å²) in [5, 5.41) is 2.79. The van der Waals surface area contributed by atoms with Crippen molar-refractivity contribution in [3.05, 3.63) is 29.8 Å². The molecule has 0 aliphatic rings. The van der Waals surface area contributed by atoms with Crippen LogP contribution < -0.4 is 15.8 Å². The quantitative estimate of drug-likeness (QED) is 0.670. The van der Waals surface area contributed by atoms with Gasteiger partial charge >= 0.3 is 0 Å². The predicted molar refractivity (Wildman–Crippen MR) is 88.6 cm³/mol. The Morgan fingerprint density at radius 1 is 1.43 bits per heavy atom. The van der Waals surface area contributed by atoms with Gasteiger partial charge in [0.25, 0.3) is 0 Å². The molecule has 0 atom stereocenters. The van der Waals surface area contributed by atoms with E-state index in [1.807, 2.05) is 43.0 Å². The van der Waals surface area contributed by atoms with Crippen LogP contribution in [0.1, 0.15) is 19.4 Å². The Balaban J connectivity index is 2.42. The Labute approximate surface area is 131 Å². The minimum absolute atomic E-state index is 0.0369. The number of benzene rings is 1. The van der Waals surface area contributed by atoms with Crippen molar-refractivity contribution >= 4 is 23.1 Å². The van der Waals surface area contributed by atoms with Crippen LogP contribution in [0.25, 0.3) is 0 Å². The molecular weight excluding hydrogens is 286 g/mol. The summed E-state index contributed by atoms with van der Waals surface area (Å²) in [5.74, 6) is 0.768. The molecule has 0 aliphatic carbocycles. The van der Waals surface area contributed by atoms with Gasteiger partial charge in [0, 0.05) is 18.7 Å². The highest BCUT2D eigenvalue weighted by molar-refractivity contribution is 7.80. The maximum absolute atomic E-state index is 11.5. The van der Waals surface area contributed by atoms with Gasteiger partial charge in [0.1, 0.15) is 17.3 Å². The van der Waals surface area contributed by atoms with Gasteiger partial charge in [-0.05, 0) is 25.6 Å². The number of nitrogens with two attached hydrogens (primary N) is 1. The third-order valence-corrected chi connectivity index (χ3v) is 3.22. The Morgan fingerprint density at radius 3 is 2.81 bits per heavy atom. The molecule has 0 fully saturated rings. The SMILES string of the molecule is CCNC(=O)CN(CC)CCOc1cccc(C(N)=S)c1. The highest BCUT2D eigenvalue weighted by Crippen LogP contribution is 2.13. The molecule has 1 aromatic rings. The van der Waals surface area contributed by atoms with Crippen LogP contribution in [0.15, 0.2) is 24.3 Å². The van der Waals surface area contributed by atoms with E-state index in [0.29, 0.717) is 31.2 Å². The second-order valence-electron chi connectivity index (χ2n) is 4.56. The number of nitrogens with one attached hydrogen (secondary N) is 1. The van der Waals surface area contributed by atoms with E-state index in [4.69, 9.17) is 22.7 Å². The third-order valence-electron chi connectivity index (χ3n) is 2.98. The van der Waals surface area contributed by atoms with Crippen molar-refractivity contribution in [3.8, 4) is 5.75 Å². The van der Waals surface area contributed by atoms with Crippen molar-refractivity contribution in [1.29, 1.82) is 0 Å². The van der Waals surface area contributed by atoms with Crippen LogP contribution in [0.4, 0.5) is 0 Å². The fourth-order valence-corrected chi connectivity index (χ4v) is 1.96. The summed E-state index contributed by atoms with van der Waals surface area (Å²) in [4.78, 5) is 13.9. The van der Waals surface area contributed by atoms with E-state index in [0.717, 1.165) is 17.9 Å². The second kappa shape index (κ2) is 9.31. The lowest BCUT2D eigenvalue weighted by Gasteiger charge is -2.19. The molecule has 0 saturated heterocycles. The minimum atomic E-state index is 0.0369. The zero-order valence-corrected chi connectivity index (χ0v) is 13.4. The van der Waals surface area contributed by atoms with Crippen LogP contribution in [-0.2, 0) is 4.79 Å². The van der Waals surface area contributed by atoms with E-state index in [-0.39, 0.29) is 5.91 Å². The van der Waals surface area contributed by atoms with Crippen LogP contribution in [0.3, 0.4) is 0 Å². The summed E-state index contributed by atoms with van der Waals surface area (Å²) in [5.41, 5.74) is 6.38. The summed E-state index contributed by atoms with van der Waals surface area (Å²) in [6, 6.07) is 7.39. The smallest absolute Gasteiger partial charge is 0.234 e. The van der Waals surface area contributed by atoms with E-state index in [1.54, 1.807) is 0 Å². The summed E-state index contributed by atoms with van der Waals surface area (Å²) in [7, 11) is 0. The van der Waals surface area contributed by atoms with Gasteiger partial charge in [0.05, 0.1) is 6.54 Å². The van der Waals surface area contributed by atoms with Gasteiger partial charge in [-0.1, -0.05) is 31.3 Å². The van der Waals surface area contributed by atoms with E-state index in [1.165, 1.54) is 0 Å². The lowest BCUT2D eigenvalue weighted by Crippen LogP contribution is -2.38. The number of amides is 1. The Bertz CT molecular complexity index is 480. The number of thiocarbonyl (C=S) groups is 1. The molecule has 0 radical (unpaired) electrons. The normalized spacial score (nSPS) is 10.4. The van der Waals surface area contributed by atoms with Gasteiger partial charge in [-0.15, -0.1) is 0 Å². The second-order valence-corrected chi connectivity index (χ2v) is 5.00. The zero-order valence-electron chi connectivity index (χ0n) is 12.6. The largest absolute Gasteiger partial charge is 0.492 e. The molecule has 3 N–H and O–H groups in total. The van der Waals surface area contributed by atoms with Gasteiger partial charge in [0.15, 0.2) is 0 Å². The maximum Gasteiger partial charge on any atom is 0.234 e. The van der Waals surface area contributed by atoms with Crippen molar-refractivity contribution in [2.24, 2.45) is 5.73 Å². The first-order valence-electron chi connectivity index (χ1n) is 7.08. The summed E-state index contributed by atoms with van der Waals surface area (Å²) in [6.45, 7) is 6.96. The first-order chi connectivity index (χ1) is 10.1. The monoisotopic (exact) mass is 309 g/mol.